The van der Waals surface area contributed by atoms with Crippen LogP contribution in [0.1, 0.15) is 54.1 Å². The number of nitrogens with one attached hydrogen (secondary N) is 1. The number of fused-ring (bicyclic) bond motifs is 1. The van der Waals surface area contributed by atoms with E-state index in [1.165, 1.54) is 18.2 Å². The number of anilines is 1. The highest BCUT2D eigenvalue weighted by molar-refractivity contribution is 5.96. The van der Waals surface area contributed by atoms with Crippen LogP contribution in [-0.4, -0.2) is 41.5 Å². The number of benzene rings is 3. The van der Waals surface area contributed by atoms with Crippen LogP contribution in [0.4, 0.5) is 5.69 Å². The maximum atomic E-state index is 12.2. The highest BCUT2D eigenvalue weighted by Crippen LogP contribution is 2.32. The third-order valence-electron chi connectivity index (χ3n) is 7.48. The van der Waals surface area contributed by atoms with Crippen LogP contribution in [0.15, 0.2) is 79.0 Å². The van der Waals surface area contributed by atoms with Crippen molar-refractivity contribution in [1.29, 1.82) is 0 Å². The molecule has 0 spiro atoms. The summed E-state index contributed by atoms with van der Waals surface area (Å²) >= 11 is 0. The summed E-state index contributed by atoms with van der Waals surface area (Å²) in [5.41, 5.74) is 6.04. The zero-order valence-corrected chi connectivity index (χ0v) is 22.3. The summed E-state index contributed by atoms with van der Waals surface area (Å²) in [5, 5.41) is 4.18. The summed E-state index contributed by atoms with van der Waals surface area (Å²) in [6.07, 6.45) is 4.35. The van der Waals surface area contributed by atoms with Crippen molar-refractivity contribution in [3.63, 3.8) is 0 Å². The van der Waals surface area contributed by atoms with Gasteiger partial charge in [0.25, 0.3) is 0 Å². The molecule has 1 amide bonds. The average molecular weight is 510 g/mol. The lowest BCUT2D eigenvalue weighted by Gasteiger charge is -2.32. The van der Waals surface area contributed by atoms with E-state index in [0.29, 0.717) is 11.5 Å². The van der Waals surface area contributed by atoms with Crippen molar-refractivity contribution in [2.24, 2.45) is 5.92 Å². The lowest BCUT2D eigenvalue weighted by atomic mass is 9.89. The molecule has 5 rings (SSSR count). The van der Waals surface area contributed by atoms with Crippen molar-refractivity contribution in [2.75, 3.05) is 25.5 Å². The van der Waals surface area contributed by atoms with Crippen molar-refractivity contribution in [1.82, 2.24) is 9.47 Å². The normalized spacial score (nSPS) is 14.6. The van der Waals surface area contributed by atoms with Gasteiger partial charge in [-0.15, -0.1) is 0 Å². The fourth-order valence-corrected chi connectivity index (χ4v) is 5.29. The van der Waals surface area contributed by atoms with Crippen LogP contribution in [0, 0.1) is 5.92 Å². The number of methoxy groups -OCH3 is 1. The molecule has 6 heteroatoms. The fourth-order valence-electron chi connectivity index (χ4n) is 5.29. The van der Waals surface area contributed by atoms with Crippen LogP contribution < -0.4 is 5.32 Å². The third kappa shape index (κ3) is 5.50. The lowest BCUT2D eigenvalue weighted by Crippen LogP contribution is -2.32. The molecule has 0 radical (unpaired) electrons. The maximum Gasteiger partial charge on any atom is 0.337 e. The molecular weight excluding hydrogens is 474 g/mol. The Morgan fingerprint density at radius 3 is 2.45 bits per heavy atom. The molecule has 6 nitrogen and oxygen atoms in total. The van der Waals surface area contributed by atoms with Crippen molar-refractivity contribution in [2.45, 2.75) is 39.2 Å². The summed E-state index contributed by atoms with van der Waals surface area (Å²) in [5.74, 6) is 0.159. The van der Waals surface area contributed by atoms with Gasteiger partial charge in [-0.1, -0.05) is 50.2 Å². The van der Waals surface area contributed by atoms with Gasteiger partial charge in [0.05, 0.1) is 18.2 Å². The Morgan fingerprint density at radius 1 is 0.974 bits per heavy atom. The Kier molecular flexibility index (Phi) is 7.61. The molecule has 196 valence electrons. The first-order valence-corrected chi connectivity index (χ1v) is 13.3. The fraction of sp³-hybridized carbons (Fsp3) is 0.312. The summed E-state index contributed by atoms with van der Waals surface area (Å²) in [6, 6.07) is 24.4. The second-order valence-electron chi connectivity index (χ2n) is 10.4. The number of likely N-dealkylation sites (tertiary alicyclic amines) is 1. The van der Waals surface area contributed by atoms with Crippen LogP contribution in [0.3, 0.4) is 0 Å². The van der Waals surface area contributed by atoms with E-state index in [2.05, 4.69) is 45.2 Å². The third-order valence-corrected chi connectivity index (χ3v) is 7.48. The van der Waals surface area contributed by atoms with Gasteiger partial charge < -0.3 is 14.6 Å². The van der Waals surface area contributed by atoms with E-state index in [9.17, 15) is 9.59 Å². The van der Waals surface area contributed by atoms with Crippen LogP contribution in [0.5, 0.6) is 0 Å². The second-order valence-corrected chi connectivity index (χ2v) is 10.4. The molecular formula is C32H35N3O3. The molecule has 0 unspecified atom stereocenters. The number of carbonyl (C=O) groups excluding carboxylic acids is 2. The van der Waals surface area contributed by atoms with Gasteiger partial charge in [-0.05, 0) is 79.4 Å². The molecule has 4 aromatic rings. The number of carbonyl (C=O) groups is 2. The first kappa shape index (κ1) is 25.7. The van der Waals surface area contributed by atoms with Crippen molar-refractivity contribution in [3.8, 4) is 5.69 Å². The Hall–Kier alpha value is -3.90. The van der Waals surface area contributed by atoms with Crippen molar-refractivity contribution >= 4 is 28.5 Å². The average Bonchev–Trinajstić information content (AvgIpc) is 3.31. The highest BCUT2D eigenvalue weighted by atomic mass is 16.5. The number of hydrogen-bond acceptors (Lipinski definition) is 4. The SMILES string of the molecule is COC(=O)c1ccc2c(CN3CCC(c4cccc(NC(=O)C(C)C)c4)CC3)cn(-c3ccccc3)c2c1. The zero-order chi connectivity index (χ0) is 26.6. The standard InChI is InChI=1S/C32H35N3O3/c1-22(2)31(36)33-27-9-7-8-24(18-27)23-14-16-34(17-15-23)20-26-21-35(28-10-5-4-6-11-28)30-19-25(32(37)38-3)12-13-29(26)30/h4-13,18-19,21-23H,14-17,20H2,1-3H3,(H,33,36). The van der Waals surface area contributed by atoms with Crippen LogP contribution in [-0.2, 0) is 16.1 Å². The first-order valence-electron chi connectivity index (χ1n) is 13.3. The minimum absolute atomic E-state index is 0.0400. The molecule has 1 aliphatic heterocycles. The number of amides is 1. The number of esters is 1. The van der Waals surface area contributed by atoms with Gasteiger partial charge in [0.15, 0.2) is 0 Å². The van der Waals surface area contributed by atoms with Gasteiger partial charge >= 0.3 is 5.97 Å². The topological polar surface area (TPSA) is 63.6 Å². The van der Waals surface area contributed by atoms with E-state index in [1.54, 1.807) is 0 Å². The minimum atomic E-state index is -0.329. The van der Waals surface area contributed by atoms with E-state index in [-0.39, 0.29) is 17.8 Å². The van der Waals surface area contributed by atoms with Gasteiger partial charge in [0, 0.05) is 35.4 Å². The smallest absolute Gasteiger partial charge is 0.337 e. The van der Waals surface area contributed by atoms with Crippen molar-refractivity contribution < 1.29 is 14.3 Å². The Balaban J connectivity index is 1.33. The number of aromatic nitrogens is 1. The molecule has 1 saturated heterocycles. The predicted octanol–water partition coefficient (Wildman–Crippen LogP) is 6.39. The van der Waals surface area contributed by atoms with Gasteiger partial charge in [-0.25, -0.2) is 4.79 Å². The summed E-state index contributed by atoms with van der Waals surface area (Å²) in [7, 11) is 1.41. The Bertz CT molecular complexity index is 1430. The quantitative estimate of drug-likeness (QED) is 0.293. The van der Waals surface area contributed by atoms with Gasteiger partial charge in [-0.3, -0.25) is 9.69 Å². The highest BCUT2D eigenvalue weighted by Gasteiger charge is 2.23. The number of nitrogens with zero attached hydrogens (tertiary/aromatic N) is 2. The van der Waals surface area contributed by atoms with E-state index in [1.807, 2.05) is 62.4 Å². The van der Waals surface area contributed by atoms with Gasteiger partial charge in [-0.2, -0.15) is 0 Å². The Morgan fingerprint density at radius 2 is 1.74 bits per heavy atom. The monoisotopic (exact) mass is 509 g/mol. The number of piperidine rings is 1. The van der Waals surface area contributed by atoms with E-state index in [0.717, 1.165) is 54.8 Å². The van der Waals surface area contributed by atoms with E-state index >= 15 is 0 Å². The molecule has 0 aliphatic carbocycles. The molecule has 1 aliphatic rings. The summed E-state index contributed by atoms with van der Waals surface area (Å²) in [6.45, 7) is 6.68. The molecule has 0 atom stereocenters. The Labute approximate surface area is 224 Å². The number of hydrogen-bond donors (Lipinski definition) is 1. The predicted molar refractivity (Wildman–Crippen MR) is 152 cm³/mol. The number of ether oxygens (including phenoxy) is 1. The minimum Gasteiger partial charge on any atom is -0.465 e. The molecule has 1 fully saturated rings. The molecule has 1 N–H and O–H groups in total. The molecule has 3 aromatic carbocycles. The van der Waals surface area contributed by atoms with Crippen LogP contribution >= 0.6 is 0 Å². The van der Waals surface area contributed by atoms with Gasteiger partial charge in [0.1, 0.15) is 0 Å². The summed E-state index contributed by atoms with van der Waals surface area (Å²) < 4.78 is 7.13. The first-order chi connectivity index (χ1) is 18.4. The van der Waals surface area contributed by atoms with E-state index < -0.39 is 0 Å². The lowest BCUT2D eigenvalue weighted by molar-refractivity contribution is -0.118. The maximum absolute atomic E-state index is 12.2. The van der Waals surface area contributed by atoms with Crippen LogP contribution in [0.2, 0.25) is 0 Å². The van der Waals surface area contributed by atoms with Crippen molar-refractivity contribution in [3.05, 3.63) is 95.7 Å². The van der Waals surface area contributed by atoms with Crippen LogP contribution in [0.25, 0.3) is 16.6 Å². The zero-order valence-electron chi connectivity index (χ0n) is 22.3. The van der Waals surface area contributed by atoms with E-state index in [4.69, 9.17) is 4.74 Å². The second kappa shape index (κ2) is 11.2. The summed E-state index contributed by atoms with van der Waals surface area (Å²) in [4.78, 5) is 26.9. The molecule has 0 bridgehead atoms. The number of rotatable bonds is 7. The number of para-hydroxylation sites is 1. The molecule has 2 heterocycles. The van der Waals surface area contributed by atoms with Gasteiger partial charge in [0.2, 0.25) is 5.91 Å². The molecule has 38 heavy (non-hydrogen) atoms. The largest absolute Gasteiger partial charge is 0.465 e. The molecule has 0 saturated carbocycles. The molecule has 1 aromatic heterocycles.